The van der Waals surface area contributed by atoms with Gasteiger partial charge in [-0.15, -0.1) is 0 Å². The van der Waals surface area contributed by atoms with Crippen LogP contribution < -0.4 is 9.47 Å². The van der Waals surface area contributed by atoms with E-state index in [1.165, 1.54) is 6.92 Å². The first-order valence-electron chi connectivity index (χ1n) is 6.36. The van der Waals surface area contributed by atoms with Gasteiger partial charge in [0.2, 0.25) is 0 Å². The number of para-hydroxylation sites is 1. The van der Waals surface area contributed by atoms with Crippen LogP contribution in [0.25, 0.3) is 0 Å². The minimum atomic E-state index is -0.580. The number of Topliss-reactive ketones (excluding diaryl/α,β-unsaturated/α-hetero) is 1. The summed E-state index contributed by atoms with van der Waals surface area (Å²) in [4.78, 5) is 23.3. The lowest BCUT2D eigenvalue weighted by Crippen LogP contribution is -2.18. The largest absolute Gasteiger partial charge is 0.481 e. The Bertz CT molecular complexity index is 713. The van der Waals surface area contributed by atoms with Crippen molar-refractivity contribution in [2.24, 2.45) is 0 Å². The molecule has 0 heterocycles. The summed E-state index contributed by atoms with van der Waals surface area (Å²) in [5.41, 5.74) is 0.362. The van der Waals surface area contributed by atoms with Crippen LogP contribution in [0.2, 0.25) is 0 Å². The number of halogens is 2. The predicted molar refractivity (Wildman–Crippen MR) is 89.4 cm³/mol. The molecule has 0 unspecified atom stereocenters. The van der Waals surface area contributed by atoms with Crippen molar-refractivity contribution in [3.05, 3.63) is 57.0 Å². The number of hydrogen-bond donors (Lipinski definition) is 0. The molecule has 22 heavy (non-hydrogen) atoms. The lowest BCUT2D eigenvalue weighted by Gasteiger charge is -2.10. The number of esters is 1. The van der Waals surface area contributed by atoms with Crippen LogP contribution in [-0.2, 0) is 4.79 Å². The van der Waals surface area contributed by atoms with Gasteiger partial charge in [-0.05, 0) is 53.2 Å². The molecule has 4 nitrogen and oxygen atoms in total. The molecule has 0 N–H and O–H groups in total. The lowest BCUT2D eigenvalue weighted by atomic mass is 10.1. The number of benzene rings is 2. The highest BCUT2D eigenvalue weighted by Gasteiger charge is 2.13. The maximum atomic E-state index is 11.9. The average Bonchev–Trinajstić information content (AvgIpc) is 2.46. The van der Waals surface area contributed by atoms with Crippen LogP contribution in [0.5, 0.6) is 11.5 Å². The van der Waals surface area contributed by atoms with Crippen molar-refractivity contribution in [2.45, 2.75) is 6.92 Å². The molecule has 0 aliphatic carbocycles. The number of hydrogen-bond acceptors (Lipinski definition) is 4. The Balaban J connectivity index is 2.00. The third-order valence-electron chi connectivity index (χ3n) is 2.73. The molecule has 6 heteroatoms. The second-order valence-corrected chi connectivity index (χ2v) is 6.16. The molecular weight excluding hydrogens is 416 g/mol. The maximum absolute atomic E-state index is 11.9. The second kappa shape index (κ2) is 7.56. The van der Waals surface area contributed by atoms with E-state index in [0.717, 1.165) is 8.95 Å². The normalized spacial score (nSPS) is 10.1. The van der Waals surface area contributed by atoms with Crippen LogP contribution in [0.3, 0.4) is 0 Å². The van der Waals surface area contributed by atoms with Gasteiger partial charge in [0.05, 0.1) is 10.0 Å². The summed E-state index contributed by atoms with van der Waals surface area (Å²) >= 11 is 6.68. The fraction of sp³-hybridized carbons (Fsp3) is 0.125. The third-order valence-corrected chi connectivity index (χ3v) is 3.84. The molecule has 0 atom stereocenters. The molecule has 0 bridgehead atoms. The smallest absolute Gasteiger partial charge is 0.349 e. The fourth-order valence-electron chi connectivity index (χ4n) is 1.73. The monoisotopic (exact) mass is 426 g/mol. The zero-order valence-electron chi connectivity index (χ0n) is 11.6. The molecule has 0 aromatic heterocycles. The van der Waals surface area contributed by atoms with Crippen LogP contribution in [0.4, 0.5) is 0 Å². The van der Waals surface area contributed by atoms with Crippen molar-refractivity contribution in [3.63, 3.8) is 0 Å². The molecule has 0 spiro atoms. The highest BCUT2D eigenvalue weighted by Crippen LogP contribution is 2.28. The standard InChI is InChI=1S/C16H12Br2O4/c1-10(19)12-4-2-3-5-14(12)22-16(20)9-21-15-7-6-11(17)8-13(15)18/h2-8H,9H2,1H3. The van der Waals surface area contributed by atoms with Gasteiger partial charge in [-0.3, -0.25) is 4.79 Å². The highest BCUT2D eigenvalue weighted by atomic mass is 79.9. The summed E-state index contributed by atoms with van der Waals surface area (Å²) in [6, 6.07) is 11.9. The summed E-state index contributed by atoms with van der Waals surface area (Å²) in [7, 11) is 0. The van der Waals surface area contributed by atoms with E-state index in [2.05, 4.69) is 31.9 Å². The summed E-state index contributed by atoms with van der Waals surface area (Å²) in [6.45, 7) is 1.16. The third kappa shape index (κ3) is 4.42. The van der Waals surface area contributed by atoms with Gasteiger partial charge in [0.1, 0.15) is 11.5 Å². The van der Waals surface area contributed by atoms with Gasteiger partial charge in [-0.1, -0.05) is 28.1 Å². The number of carbonyl (C=O) groups is 2. The van der Waals surface area contributed by atoms with E-state index in [4.69, 9.17) is 9.47 Å². The van der Waals surface area contributed by atoms with E-state index >= 15 is 0 Å². The molecule has 0 aliphatic heterocycles. The molecule has 0 saturated carbocycles. The van der Waals surface area contributed by atoms with Crippen LogP contribution in [0.1, 0.15) is 17.3 Å². The Morgan fingerprint density at radius 2 is 1.77 bits per heavy atom. The highest BCUT2D eigenvalue weighted by molar-refractivity contribution is 9.11. The summed E-state index contributed by atoms with van der Waals surface area (Å²) in [5.74, 6) is 0.0157. The van der Waals surface area contributed by atoms with Crippen molar-refractivity contribution in [2.75, 3.05) is 6.61 Å². The molecule has 0 aliphatic rings. The van der Waals surface area contributed by atoms with E-state index in [1.54, 1.807) is 36.4 Å². The van der Waals surface area contributed by atoms with Gasteiger partial charge in [0.15, 0.2) is 12.4 Å². The number of carbonyl (C=O) groups excluding carboxylic acids is 2. The maximum Gasteiger partial charge on any atom is 0.349 e. The Hall–Kier alpha value is -1.66. The first kappa shape index (κ1) is 16.7. The first-order chi connectivity index (χ1) is 10.5. The average molecular weight is 428 g/mol. The summed E-state index contributed by atoms with van der Waals surface area (Å²) in [6.07, 6.45) is 0. The Kier molecular flexibility index (Phi) is 5.74. The van der Waals surface area contributed by atoms with Gasteiger partial charge in [0, 0.05) is 4.47 Å². The molecule has 2 aromatic rings. The van der Waals surface area contributed by atoms with Gasteiger partial charge in [-0.2, -0.15) is 0 Å². The molecular formula is C16H12Br2O4. The van der Waals surface area contributed by atoms with Gasteiger partial charge in [0.25, 0.3) is 0 Å². The van der Waals surface area contributed by atoms with E-state index in [0.29, 0.717) is 11.3 Å². The number of rotatable bonds is 5. The quantitative estimate of drug-likeness (QED) is 0.403. The van der Waals surface area contributed by atoms with E-state index < -0.39 is 5.97 Å². The van der Waals surface area contributed by atoms with E-state index in [9.17, 15) is 9.59 Å². The molecule has 0 saturated heterocycles. The topological polar surface area (TPSA) is 52.6 Å². The van der Waals surface area contributed by atoms with Gasteiger partial charge in [-0.25, -0.2) is 4.79 Å². The Morgan fingerprint density at radius 1 is 1.05 bits per heavy atom. The van der Waals surface area contributed by atoms with Crippen molar-refractivity contribution in [3.8, 4) is 11.5 Å². The van der Waals surface area contributed by atoms with Crippen LogP contribution in [0, 0.1) is 0 Å². The first-order valence-corrected chi connectivity index (χ1v) is 7.94. The van der Waals surface area contributed by atoms with Crippen molar-refractivity contribution < 1.29 is 19.1 Å². The second-order valence-electron chi connectivity index (χ2n) is 4.39. The minimum Gasteiger partial charge on any atom is -0.481 e. The minimum absolute atomic E-state index is 0.167. The molecule has 2 aromatic carbocycles. The van der Waals surface area contributed by atoms with Crippen molar-refractivity contribution in [1.29, 1.82) is 0 Å². The van der Waals surface area contributed by atoms with Gasteiger partial charge < -0.3 is 9.47 Å². The molecule has 0 radical (unpaired) electrons. The number of ether oxygens (including phenoxy) is 2. The Labute approximate surface area is 144 Å². The van der Waals surface area contributed by atoms with Crippen LogP contribution >= 0.6 is 31.9 Å². The summed E-state index contributed by atoms with van der Waals surface area (Å²) < 4.78 is 12.2. The zero-order valence-corrected chi connectivity index (χ0v) is 14.8. The van der Waals surface area contributed by atoms with Crippen LogP contribution in [0.15, 0.2) is 51.4 Å². The summed E-state index contributed by atoms with van der Waals surface area (Å²) in [5, 5.41) is 0. The van der Waals surface area contributed by atoms with Crippen molar-refractivity contribution >= 4 is 43.6 Å². The Morgan fingerprint density at radius 3 is 2.45 bits per heavy atom. The zero-order chi connectivity index (χ0) is 16.1. The molecule has 2 rings (SSSR count). The van der Waals surface area contributed by atoms with E-state index in [-0.39, 0.29) is 18.1 Å². The van der Waals surface area contributed by atoms with Crippen molar-refractivity contribution in [1.82, 2.24) is 0 Å². The van der Waals surface area contributed by atoms with Crippen LogP contribution in [-0.4, -0.2) is 18.4 Å². The molecule has 0 amide bonds. The predicted octanol–water partition coefficient (Wildman–Crippen LogP) is 4.40. The molecule has 0 fully saturated rings. The van der Waals surface area contributed by atoms with E-state index in [1.807, 2.05) is 6.07 Å². The molecule has 114 valence electrons. The van der Waals surface area contributed by atoms with Gasteiger partial charge >= 0.3 is 5.97 Å². The fourth-order valence-corrected chi connectivity index (χ4v) is 2.89. The SMILES string of the molecule is CC(=O)c1ccccc1OC(=O)COc1ccc(Br)cc1Br. The number of ketones is 1. The lowest BCUT2D eigenvalue weighted by molar-refractivity contribution is -0.136.